The number of guanidine groups is 1. The quantitative estimate of drug-likeness (QED) is 0.403. The van der Waals surface area contributed by atoms with Crippen molar-refractivity contribution in [2.75, 3.05) is 5.32 Å². The van der Waals surface area contributed by atoms with Gasteiger partial charge in [-0.3, -0.25) is 5.41 Å². The maximum Gasteiger partial charge on any atom is 0.573 e. The predicted octanol–water partition coefficient (Wildman–Crippen LogP) is 3.26. The minimum Gasteiger partial charge on any atom is -0.406 e. The lowest BCUT2D eigenvalue weighted by Crippen LogP contribution is -2.31. The molecule has 1 aromatic carbocycles. The zero-order chi connectivity index (χ0) is 18.3. The summed E-state index contributed by atoms with van der Waals surface area (Å²) < 4.78 is 40.1. The second-order valence-corrected chi connectivity index (χ2v) is 5.22. The molecule has 7 nitrogen and oxygen atoms in total. The van der Waals surface area contributed by atoms with Crippen LogP contribution in [0.5, 0.6) is 5.75 Å². The van der Waals surface area contributed by atoms with Crippen LogP contribution in [0.25, 0.3) is 0 Å². The molecule has 0 spiro atoms. The van der Waals surface area contributed by atoms with Crippen LogP contribution in [-0.4, -0.2) is 27.0 Å². The SMILES string of the molecule is N=C(Br)/N=C(/NCc1ncccn1)Nc1ccc(OC(F)(F)F)cc1. The maximum absolute atomic E-state index is 12.1. The van der Waals surface area contributed by atoms with Gasteiger partial charge in [-0.05, 0) is 46.3 Å². The Labute approximate surface area is 149 Å². The number of ether oxygens (including phenoxy) is 1. The van der Waals surface area contributed by atoms with Gasteiger partial charge >= 0.3 is 6.36 Å². The summed E-state index contributed by atoms with van der Waals surface area (Å²) in [5.41, 5.74) is 0.448. The summed E-state index contributed by atoms with van der Waals surface area (Å²) in [5, 5.41) is 13.1. The number of hydrogen-bond acceptors (Lipinski definition) is 4. The molecule has 0 saturated heterocycles. The van der Waals surface area contributed by atoms with Gasteiger partial charge in [-0.2, -0.15) is 4.99 Å². The van der Waals surface area contributed by atoms with Crippen molar-refractivity contribution in [1.82, 2.24) is 15.3 Å². The first kappa shape index (κ1) is 18.6. The Hall–Kier alpha value is -2.69. The van der Waals surface area contributed by atoms with Gasteiger partial charge < -0.3 is 15.4 Å². The van der Waals surface area contributed by atoms with Gasteiger partial charge in [0.05, 0.1) is 6.54 Å². The molecule has 1 heterocycles. The normalized spacial score (nSPS) is 11.8. The number of rotatable bonds is 4. The van der Waals surface area contributed by atoms with Crippen LogP contribution in [0, 0.1) is 5.41 Å². The molecule has 0 bridgehead atoms. The average molecular weight is 417 g/mol. The molecule has 2 rings (SSSR count). The van der Waals surface area contributed by atoms with Crippen LogP contribution in [0.3, 0.4) is 0 Å². The lowest BCUT2D eigenvalue weighted by atomic mass is 10.3. The van der Waals surface area contributed by atoms with E-state index < -0.39 is 6.36 Å². The van der Waals surface area contributed by atoms with Crippen LogP contribution in [-0.2, 0) is 6.54 Å². The van der Waals surface area contributed by atoms with Crippen LogP contribution >= 0.6 is 15.9 Å². The molecule has 0 radical (unpaired) electrons. The topological polar surface area (TPSA) is 95.3 Å². The summed E-state index contributed by atoms with van der Waals surface area (Å²) in [7, 11) is 0. The molecule has 132 valence electrons. The third-order valence-corrected chi connectivity index (χ3v) is 2.77. The molecule has 0 aliphatic carbocycles. The third-order valence-electron chi connectivity index (χ3n) is 2.59. The molecule has 0 aliphatic heterocycles. The number of nitrogens with one attached hydrogen (secondary N) is 3. The van der Waals surface area contributed by atoms with Crippen molar-refractivity contribution in [2.45, 2.75) is 12.9 Å². The monoisotopic (exact) mass is 416 g/mol. The van der Waals surface area contributed by atoms with Crippen molar-refractivity contribution in [3.8, 4) is 5.75 Å². The van der Waals surface area contributed by atoms with Crippen molar-refractivity contribution >= 4 is 32.3 Å². The molecule has 0 atom stereocenters. The Kier molecular flexibility index (Phi) is 6.28. The molecule has 1 aromatic heterocycles. The van der Waals surface area contributed by atoms with Gasteiger partial charge in [-0.15, -0.1) is 13.2 Å². The number of amidine groups is 1. The first-order valence-corrected chi connectivity index (χ1v) is 7.56. The number of hydrogen-bond donors (Lipinski definition) is 3. The minimum atomic E-state index is -4.75. The fourth-order valence-corrected chi connectivity index (χ4v) is 1.85. The molecule has 25 heavy (non-hydrogen) atoms. The van der Waals surface area contributed by atoms with Crippen LogP contribution in [0.4, 0.5) is 18.9 Å². The molecule has 2 aromatic rings. The summed E-state index contributed by atoms with van der Waals surface area (Å²) in [5.74, 6) is 0.362. The molecular formula is C14H12BrF3N6O. The van der Waals surface area contributed by atoms with E-state index in [1.54, 1.807) is 18.5 Å². The number of benzene rings is 1. The van der Waals surface area contributed by atoms with Crippen molar-refractivity contribution in [1.29, 1.82) is 5.41 Å². The molecule has 3 N–H and O–H groups in total. The van der Waals surface area contributed by atoms with E-state index in [9.17, 15) is 13.2 Å². The van der Waals surface area contributed by atoms with Gasteiger partial charge in [0, 0.05) is 18.1 Å². The third kappa shape index (κ3) is 7.16. The second-order valence-electron chi connectivity index (χ2n) is 4.47. The van der Waals surface area contributed by atoms with E-state index in [0.717, 1.165) is 12.1 Å². The fraction of sp³-hybridized carbons (Fsp3) is 0.143. The van der Waals surface area contributed by atoms with E-state index in [2.05, 4.69) is 46.3 Å². The number of aliphatic imine (C=N–C) groups is 1. The predicted molar refractivity (Wildman–Crippen MR) is 89.7 cm³/mol. The second kappa shape index (κ2) is 8.42. The van der Waals surface area contributed by atoms with Crippen molar-refractivity contribution in [3.63, 3.8) is 0 Å². The van der Waals surface area contributed by atoms with Gasteiger partial charge in [-0.1, -0.05) is 0 Å². The lowest BCUT2D eigenvalue weighted by Gasteiger charge is -2.13. The zero-order valence-corrected chi connectivity index (χ0v) is 14.1. The van der Waals surface area contributed by atoms with Crippen LogP contribution in [0.15, 0.2) is 47.7 Å². The van der Waals surface area contributed by atoms with Crippen LogP contribution in [0.2, 0.25) is 0 Å². The van der Waals surface area contributed by atoms with Gasteiger partial charge in [0.15, 0.2) is 4.74 Å². The van der Waals surface area contributed by atoms with Gasteiger partial charge in [-0.25, -0.2) is 9.97 Å². The number of aromatic nitrogens is 2. The number of anilines is 1. The Morgan fingerprint density at radius 1 is 1.20 bits per heavy atom. The van der Waals surface area contributed by atoms with Crippen LogP contribution in [0.1, 0.15) is 5.82 Å². The smallest absolute Gasteiger partial charge is 0.406 e. The highest BCUT2D eigenvalue weighted by Crippen LogP contribution is 2.23. The highest BCUT2D eigenvalue weighted by atomic mass is 79.9. The van der Waals surface area contributed by atoms with E-state index in [-0.39, 0.29) is 23.0 Å². The average Bonchev–Trinajstić information content (AvgIpc) is 2.53. The molecule has 0 amide bonds. The standard InChI is InChI=1S/C14H12BrF3N6O/c15-12(19)24-13(22-8-11-20-6-1-7-21-11)23-9-2-4-10(5-3-9)25-14(16,17)18/h1-7H,8H2,(H3,19,22,23,24). The Bertz CT molecular complexity index is 736. The molecular weight excluding hydrogens is 405 g/mol. The number of alkyl halides is 3. The first-order valence-electron chi connectivity index (χ1n) is 6.77. The van der Waals surface area contributed by atoms with E-state index in [0.29, 0.717) is 11.5 Å². The van der Waals surface area contributed by atoms with Crippen molar-refractivity contribution < 1.29 is 17.9 Å². The largest absolute Gasteiger partial charge is 0.573 e. The van der Waals surface area contributed by atoms with Crippen molar-refractivity contribution in [2.24, 2.45) is 4.99 Å². The van der Waals surface area contributed by atoms with E-state index in [1.807, 2.05) is 0 Å². The highest BCUT2D eigenvalue weighted by Gasteiger charge is 2.30. The van der Waals surface area contributed by atoms with E-state index >= 15 is 0 Å². The first-order chi connectivity index (χ1) is 11.8. The number of nitrogens with zero attached hydrogens (tertiary/aromatic N) is 3. The van der Waals surface area contributed by atoms with E-state index in [1.165, 1.54) is 12.1 Å². The zero-order valence-electron chi connectivity index (χ0n) is 12.5. The molecule has 11 heteroatoms. The fourth-order valence-electron chi connectivity index (χ4n) is 1.67. The number of halogens is 4. The Morgan fingerprint density at radius 3 is 2.40 bits per heavy atom. The summed E-state index contributed by atoms with van der Waals surface area (Å²) in [6.45, 7) is 0.238. The van der Waals surface area contributed by atoms with Gasteiger partial charge in [0.2, 0.25) is 5.96 Å². The van der Waals surface area contributed by atoms with Crippen LogP contribution < -0.4 is 15.4 Å². The lowest BCUT2D eigenvalue weighted by molar-refractivity contribution is -0.274. The molecule has 0 unspecified atom stereocenters. The minimum absolute atomic E-state index is 0.145. The molecule has 0 aliphatic rings. The Balaban J connectivity index is 2.03. The maximum atomic E-state index is 12.1. The molecule has 0 saturated carbocycles. The Morgan fingerprint density at radius 2 is 1.84 bits per heavy atom. The molecule has 0 fully saturated rings. The summed E-state index contributed by atoms with van der Waals surface area (Å²) in [6, 6.07) is 6.76. The summed E-state index contributed by atoms with van der Waals surface area (Å²) in [6.07, 6.45) is -1.58. The highest BCUT2D eigenvalue weighted by molar-refractivity contribution is 9.18. The van der Waals surface area contributed by atoms with E-state index in [4.69, 9.17) is 5.41 Å². The van der Waals surface area contributed by atoms with Crippen molar-refractivity contribution in [3.05, 3.63) is 48.5 Å². The van der Waals surface area contributed by atoms with Gasteiger partial charge in [0.25, 0.3) is 0 Å². The summed E-state index contributed by atoms with van der Waals surface area (Å²) in [4.78, 5) is 12.0. The summed E-state index contributed by atoms with van der Waals surface area (Å²) >= 11 is 2.90. The van der Waals surface area contributed by atoms with Gasteiger partial charge in [0.1, 0.15) is 11.6 Å².